The van der Waals surface area contributed by atoms with Crippen molar-refractivity contribution in [2.75, 3.05) is 13.2 Å². The molecule has 0 saturated carbocycles. The van der Waals surface area contributed by atoms with Gasteiger partial charge in [-0.3, -0.25) is 9.59 Å². The van der Waals surface area contributed by atoms with Crippen LogP contribution in [0.15, 0.2) is 36.5 Å². The Balaban J connectivity index is 3.38. The number of carbonyl (C=O) groups is 2. The van der Waals surface area contributed by atoms with Crippen LogP contribution in [0.4, 0.5) is 0 Å². The summed E-state index contributed by atoms with van der Waals surface area (Å²) in [6.07, 6.45) is 106. The second-order valence-corrected chi connectivity index (χ2v) is 28.8. The zero-order valence-corrected chi connectivity index (χ0v) is 61.9. The summed E-state index contributed by atoms with van der Waals surface area (Å²) in [5.41, 5.74) is 0. The molecule has 0 aliphatic heterocycles. The van der Waals surface area contributed by atoms with Crippen molar-refractivity contribution in [1.82, 2.24) is 5.32 Å². The van der Waals surface area contributed by atoms with Gasteiger partial charge in [-0.2, -0.15) is 0 Å². The van der Waals surface area contributed by atoms with E-state index in [2.05, 4.69) is 43.5 Å². The summed E-state index contributed by atoms with van der Waals surface area (Å²) in [6, 6.07) is -0.627. The minimum absolute atomic E-state index is 0.0223. The highest BCUT2D eigenvalue weighted by atomic mass is 16.5. The van der Waals surface area contributed by atoms with Crippen LogP contribution in [-0.2, 0) is 14.3 Å². The second kappa shape index (κ2) is 80.5. The van der Waals surface area contributed by atoms with Crippen LogP contribution in [0.2, 0.25) is 0 Å². The van der Waals surface area contributed by atoms with Crippen molar-refractivity contribution in [1.29, 1.82) is 0 Å². The predicted octanol–water partition coefficient (Wildman–Crippen LogP) is 27.8. The molecule has 91 heavy (non-hydrogen) atoms. The highest BCUT2D eigenvalue weighted by Crippen LogP contribution is 2.20. The molecule has 0 radical (unpaired) electrons. The summed E-state index contributed by atoms with van der Waals surface area (Å²) in [7, 11) is 0. The van der Waals surface area contributed by atoms with E-state index in [1.54, 1.807) is 6.08 Å². The number of unbranched alkanes of at least 4 members (excludes halogenated alkanes) is 64. The molecule has 2 unspecified atom stereocenters. The van der Waals surface area contributed by atoms with Gasteiger partial charge in [0.25, 0.3) is 0 Å². The van der Waals surface area contributed by atoms with Gasteiger partial charge in [0, 0.05) is 12.8 Å². The van der Waals surface area contributed by atoms with Gasteiger partial charge < -0.3 is 20.3 Å². The molecule has 6 heteroatoms. The molecule has 0 fully saturated rings. The first-order chi connectivity index (χ1) is 45.0. The quantitative estimate of drug-likeness (QED) is 0.0320. The lowest BCUT2D eigenvalue weighted by molar-refractivity contribution is -0.143. The van der Waals surface area contributed by atoms with Gasteiger partial charge in [0.05, 0.1) is 25.4 Å². The highest BCUT2D eigenvalue weighted by Gasteiger charge is 2.18. The Morgan fingerprint density at radius 3 is 0.835 bits per heavy atom. The fourth-order valence-corrected chi connectivity index (χ4v) is 13.3. The number of hydrogen-bond acceptors (Lipinski definition) is 5. The lowest BCUT2D eigenvalue weighted by atomic mass is 10.0. The molecule has 0 spiro atoms. The minimum atomic E-state index is -0.844. The normalized spacial score (nSPS) is 12.6. The molecular formula is C85H163NO5. The second-order valence-electron chi connectivity index (χ2n) is 28.8. The van der Waals surface area contributed by atoms with Gasteiger partial charge in [0.1, 0.15) is 0 Å². The number of nitrogens with one attached hydrogen (secondary N) is 1. The number of hydrogen-bond donors (Lipinski definition) is 3. The van der Waals surface area contributed by atoms with Crippen molar-refractivity contribution in [3.05, 3.63) is 36.5 Å². The molecule has 0 aromatic rings. The topological polar surface area (TPSA) is 95.9 Å². The molecule has 0 aromatic carbocycles. The van der Waals surface area contributed by atoms with E-state index in [1.807, 2.05) is 6.08 Å². The zero-order chi connectivity index (χ0) is 65.6. The number of amides is 1. The number of ether oxygens (including phenoxy) is 1. The Hall–Kier alpha value is -1.92. The van der Waals surface area contributed by atoms with Crippen LogP contribution in [0.3, 0.4) is 0 Å². The summed E-state index contributed by atoms with van der Waals surface area (Å²) < 4.78 is 5.51. The molecule has 0 aliphatic carbocycles. The van der Waals surface area contributed by atoms with E-state index in [9.17, 15) is 19.8 Å². The maximum Gasteiger partial charge on any atom is 0.305 e. The lowest BCUT2D eigenvalue weighted by Crippen LogP contribution is -2.45. The third-order valence-corrected chi connectivity index (χ3v) is 19.7. The van der Waals surface area contributed by atoms with E-state index in [0.29, 0.717) is 19.4 Å². The molecule has 3 N–H and O–H groups in total. The van der Waals surface area contributed by atoms with Gasteiger partial charge in [0.15, 0.2) is 0 Å². The van der Waals surface area contributed by atoms with Gasteiger partial charge >= 0.3 is 5.97 Å². The molecule has 1 amide bonds. The summed E-state index contributed by atoms with van der Waals surface area (Å²) in [4.78, 5) is 24.6. The fraction of sp³-hybridized carbons (Fsp3) is 0.906. The lowest BCUT2D eigenvalue weighted by Gasteiger charge is -2.20. The van der Waals surface area contributed by atoms with E-state index >= 15 is 0 Å². The standard InChI is InChI=1S/C85H163NO5/c1-3-5-7-9-11-13-15-17-19-20-21-22-40-43-46-50-53-57-61-65-69-73-77-83(88)82(81-87)86-84(89)78-74-70-66-62-58-54-51-47-44-41-38-36-34-32-30-28-26-24-23-25-27-29-31-33-35-37-39-42-45-48-52-56-60-64-68-72-76-80-91-85(90)79-75-71-67-63-59-55-49-18-16-14-12-10-8-6-4-2/h23,25,29,31,73,77,82-83,87-88H,3-22,24,26-28,30,32-72,74-76,78-81H2,1-2H3,(H,86,89)/b25-23-,31-29-,77-73+. The average molecular weight is 1280 g/mol. The monoisotopic (exact) mass is 1280 g/mol. The van der Waals surface area contributed by atoms with Gasteiger partial charge in [0.2, 0.25) is 5.91 Å². The molecule has 0 heterocycles. The van der Waals surface area contributed by atoms with Crippen molar-refractivity contribution in [3.63, 3.8) is 0 Å². The minimum Gasteiger partial charge on any atom is -0.466 e. The van der Waals surface area contributed by atoms with Gasteiger partial charge in [-0.1, -0.05) is 429 Å². The van der Waals surface area contributed by atoms with Crippen LogP contribution in [0.25, 0.3) is 0 Å². The van der Waals surface area contributed by atoms with Gasteiger partial charge in [-0.25, -0.2) is 0 Å². The number of aliphatic hydroxyl groups is 2. The molecule has 6 nitrogen and oxygen atoms in total. The number of aliphatic hydroxyl groups excluding tert-OH is 2. The molecule has 538 valence electrons. The number of carbonyl (C=O) groups excluding carboxylic acids is 2. The number of allylic oxidation sites excluding steroid dienone is 5. The summed E-state index contributed by atoms with van der Waals surface area (Å²) in [5.74, 6) is -0.0380. The van der Waals surface area contributed by atoms with Crippen LogP contribution >= 0.6 is 0 Å². The SMILES string of the molecule is CCCCCCCCCCCCCCCCCCCCCC/C=C/C(O)C(CO)NC(=O)CCCCCCCCCCCCCCCCCCC/C=C\C/C=C\CCCCCCCCCCCCCCCOC(=O)CCCCCCCCCCCCCCCCC. The van der Waals surface area contributed by atoms with Crippen LogP contribution in [0.1, 0.15) is 470 Å². The average Bonchev–Trinajstić information content (AvgIpc) is 3.67. The van der Waals surface area contributed by atoms with E-state index in [-0.39, 0.29) is 18.5 Å². The Bertz CT molecular complexity index is 1470. The third-order valence-electron chi connectivity index (χ3n) is 19.7. The van der Waals surface area contributed by atoms with Crippen LogP contribution in [0.5, 0.6) is 0 Å². The number of esters is 1. The molecule has 0 aliphatic rings. The maximum atomic E-state index is 12.6. The maximum absolute atomic E-state index is 12.6. The Morgan fingerprint density at radius 1 is 0.308 bits per heavy atom. The van der Waals surface area contributed by atoms with Crippen LogP contribution < -0.4 is 5.32 Å². The molecular weight excluding hydrogens is 1110 g/mol. The van der Waals surface area contributed by atoms with E-state index < -0.39 is 12.1 Å². The molecule has 0 aromatic heterocycles. The first-order valence-electron chi connectivity index (χ1n) is 41.8. The van der Waals surface area contributed by atoms with Gasteiger partial charge in [-0.05, 0) is 64.2 Å². The molecule has 0 saturated heterocycles. The van der Waals surface area contributed by atoms with Crippen molar-refractivity contribution < 1.29 is 24.5 Å². The smallest absolute Gasteiger partial charge is 0.305 e. The van der Waals surface area contributed by atoms with Crippen molar-refractivity contribution in [3.8, 4) is 0 Å². The summed E-state index contributed by atoms with van der Waals surface area (Å²) in [5, 5.41) is 23.3. The number of rotatable bonds is 79. The highest BCUT2D eigenvalue weighted by molar-refractivity contribution is 5.76. The molecule has 0 rings (SSSR count). The van der Waals surface area contributed by atoms with E-state index in [0.717, 1.165) is 44.9 Å². The van der Waals surface area contributed by atoms with Gasteiger partial charge in [-0.15, -0.1) is 0 Å². The van der Waals surface area contributed by atoms with Crippen LogP contribution in [-0.4, -0.2) is 47.4 Å². The molecule has 2 atom stereocenters. The van der Waals surface area contributed by atoms with E-state index in [1.165, 1.54) is 398 Å². The largest absolute Gasteiger partial charge is 0.466 e. The first kappa shape index (κ1) is 89.1. The summed E-state index contributed by atoms with van der Waals surface area (Å²) >= 11 is 0. The first-order valence-corrected chi connectivity index (χ1v) is 41.8. The van der Waals surface area contributed by atoms with Crippen molar-refractivity contribution >= 4 is 11.9 Å². The Labute approximate surface area is 570 Å². The summed E-state index contributed by atoms with van der Waals surface area (Å²) in [6.45, 7) is 4.96. The van der Waals surface area contributed by atoms with Crippen molar-refractivity contribution in [2.45, 2.75) is 482 Å². The third kappa shape index (κ3) is 77.0. The molecule has 0 bridgehead atoms. The predicted molar refractivity (Wildman–Crippen MR) is 403 cm³/mol. The zero-order valence-electron chi connectivity index (χ0n) is 61.9. The van der Waals surface area contributed by atoms with Crippen molar-refractivity contribution in [2.24, 2.45) is 0 Å². The fourth-order valence-electron chi connectivity index (χ4n) is 13.3. The van der Waals surface area contributed by atoms with Crippen LogP contribution in [0, 0.1) is 0 Å². The van der Waals surface area contributed by atoms with E-state index in [4.69, 9.17) is 4.74 Å². The Kier molecular flexibility index (Phi) is 78.8. The Morgan fingerprint density at radius 2 is 0.549 bits per heavy atom.